The summed E-state index contributed by atoms with van der Waals surface area (Å²) in [5.41, 5.74) is 1.15. The minimum absolute atomic E-state index is 0. The van der Waals surface area contributed by atoms with Crippen LogP contribution in [0.4, 0.5) is 5.82 Å². The highest BCUT2D eigenvalue weighted by molar-refractivity contribution is 14.0. The van der Waals surface area contributed by atoms with Gasteiger partial charge >= 0.3 is 0 Å². The van der Waals surface area contributed by atoms with Crippen LogP contribution in [-0.2, 0) is 11.3 Å². The maximum atomic E-state index is 5.04. The second-order valence-electron chi connectivity index (χ2n) is 6.01. The molecule has 0 aromatic carbocycles. The number of pyridine rings is 1. The molecule has 0 bridgehead atoms. The third-order valence-corrected chi connectivity index (χ3v) is 4.14. The van der Waals surface area contributed by atoms with Crippen LogP contribution in [0.5, 0.6) is 0 Å². The summed E-state index contributed by atoms with van der Waals surface area (Å²) < 4.78 is 5.04. The third kappa shape index (κ3) is 7.74. The van der Waals surface area contributed by atoms with Crippen LogP contribution in [-0.4, -0.2) is 76.4 Å². The molecule has 2 rings (SSSR count). The van der Waals surface area contributed by atoms with Crippen molar-refractivity contribution in [1.82, 2.24) is 20.5 Å². The molecule has 1 saturated heterocycles. The van der Waals surface area contributed by atoms with Gasteiger partial charge in [-0.1, -0.05) is 6.07 Å². The molecular weight excluding hydrogens is 431 g/mol. The van der Waals surface area contributed by atoms with Crippen LogP contribution >= 0.6 is 24.0 Å². The van der Waals surface area contributed by atoms with Crippen LogP contribution in [0, 0.1) is 0 Å². The zero-order valence-corrected chi connectivity index (χ0v) is 17.8. The van der Waals surface area contributed by atoms with Crippen molar-refractivity contribution in [3.8, 4) is 0 Å². The number of likely N-dealkylation sites (N-methyl/N-ethyl adjacent to an activating group) is 1. The number of nitrogens with one attached hydrogen (secondary N) is 2. The van der Waals surface area contributed by atoms with Crippen LogP contribution in [0.2, 0.25) is 0 Å². The van der Waals surface area contributed by atoms with Crippen molar-refractivity contribution < 1.29 is 4.74 Å². The van der Waals surface area contributed by atoms with Gasteiger partial charge in [-0.05, 0) is 25.1 Å². The molecule has 1 fully saturated rings. The van der Waals surface area contributed by atoms with E-state index in [1.165, 1.54) is 0 Å². The minimum Gasteiger partial charge on any atom is -0.385 e. The number of ether oxygens (including phenoxy) is 1. The van der Waals surface area contributed by atoms with Gasteiger partial charge in [-0.2, -0.15) is 0 Å². The zero-order valence-electron chi connectivity index (χ0n) is 15.5. The van der Waals surface area contributed by atoms with E-state index in [4.69, 9.17) is 4.74 Å². The second kappa shape index (κ2) is 12.3. The van der Waals surface area contributed by atoms with E-state index in [2.05, 4.69) is 49.6 Å². The number of hydrogen-bond acceptors (Lipinski definition) is 5. The fraction of sp³-hybridized carbons (Fsp3) is 0.647. The molecule has 1 aliphatic heterocycles. The Balaban J connectivity index is 0.00000312. The first-order chi connectivity index (χ1) is 11.7. The number of piperazine rings is 1. The molecule has 0 radical (unpaired) electrons. The van der Waals surface area contributed by atoms with Gasteiger partial charge in [0.25, 0.3) is 0 Å². The summed E-state index contributed by atoms with van der Waals surface area (Å²) in [5.74, 6) is 1.86. The van der Waals surface area contributed by atoms with Crippen molar-refractivity contribution in [2.75, 3.05) is 65.4 Å². The molecular formula is C17H31IN6O. The number of aliphatic imine (C=N–C) groups is 1. The average Bonchev–Trinajstić information content (AvgIpc) is 2.62. The molecule has 7 nitrogen and oxygen atoms in total. The molecule has 0 atom stereocenters. The van der Waals surface area contributed by atoms with Gasteiger partial charge in [0, 0.05) is 66.2 Å². The first-order valence-corrected chi connectivity index (χ1v) is 8.55. The Morgan fingerprint density at radius 1 is 1.24 bits per heavy atom. The molecule has 0 aliphatic carbocycles. The Kier molecular flexibility index (Phi) is 10.7. The number of methoxy groups -OCH3 is 1. The number of halogens is 1. The van der Waals surface area contributed by atoms with Gasteiger partial charge in [-0.15, -0.1) is 24.0 Å². The summed E-state index contributed by atoms with van der Waals surface area (Å²) >= 11 is 0. The Morgan fingerprint density at radius 3 is 2.60 bits per heavy atom. The van der Waals surface area contributed by atoms with Crippen LogP contribution in [0.25, 0.3) is 0 Å². The van der Waals surface area contributed by atoms with E-state index in [0.29, 0.717) is 6.54 Å². The monoisotopic (exact) mass is 462 g/mol. The van der Waals surface area contributed by atoms with Crippen LogP contribution in [0.1, 0.15) is 12.0 Å². The van der Waals surface area contributed by atoms with Gasteiger partial charge in [0.15, 0.2) is 5.96 Å². The molecule has 8 heteroatoms. The Labute approximate surface area is 168 Å². The fourth-order valence-electron chi connectivity index (χ4n) is 2.57. The molecule has 2 heterocycles. The van der Waals surface area contributed by atoms with E-state index in [9.17, 15) is 0 Å². The van der Waals surface area contributed by atoms with Crippen molar-refractivity contribution in [1.29, 1.82) is 0 Å². The quantitative estimate of drug-likeness (QED) is 0.275. The third-order valence-electron chi connectivity index (χ3n) is 4.14. The van der Waals surface area contributed by atoms with E-state index in [0.717, 1.165) is 63.1 Å². The summed E-state index contributed by atoms with van der Waals surface area (Å²) in [7, 11) is 5.65. The molecule has 0 spiro atoms. The predicted molar refractivity (Wildman–Crippen MR) is 114 cm³/mol. The van der Waals surface area contributed by atoms with Gasteiger partial charge in [0.05, 0.1) is 0 Å². The maximum absolute atomic E-state index is 5.04. The largest absolute Gasteiger partial charge is 0.385 e. The molecule has 1 aliphatic rings. The summed E-state index contributed by atoms with van der Waals surface area (Å²) in [6.07, 6.45) is 2.90. The highest BCUT2D eigenvalue weighted by Gasteiger charge is 2.14. The average molecular weight is 462 g/mol. The van der Waals surface area contributed by atoms with Crippen molar-refractivity contribution >= 4 is 35.8 Å². The topological polar surface area (TPSA) is 65.0 Å². The van der Waals surface area contributed by atoms with E-state index in [1.807, 2.05) is 6.20 Å². The van der Waals surface area contributed by atoms with Crippen molar-refractivity contribution in [3.05, 3.63) is 23.9 Å². The summed E-state index contributed by atoms with van der Waals surface area (Å²) in [5, 5.41) is 6.57. The minimum atomic E-state index is 0. The van der Waals surface area contributed by atoms with E-state index >= 15 is 0 Å². The highest BCUT2D eigenvalue weighted by Crippen LogP contribution is 2.13. The number of anilines is 1. The molecule has 0 saturated carbocycles. The number of hydrogen-bond donors (Lipinski definition) is 2. The summed E-state index contributed by atoms with van der Waals surface area (Å²) in [4.78, 5) is 13.5. The molecule has 25 heavy (non-hydrogen) atoms. The molecule has 142 valence electrons. The maximum Gasteiger partial charge on any atom is 0.191 e. The molecule has 0 unspecified atom stereocenters. The van der Waals surface area contributed by atoms with Crippen LogP contribution in [0.15, 0.2) is 23.3 Å². The van der Waals surface area contributed by atoms with Gasteiger partial charge < -0.3 is 25.2 Å². The lowest BCUT2D eigenvalue weighted by molar-refractivity contribution is 0.195. The van der Waals surface area contributed by atoms with Crippen molar-refractivity contribution in [3.63, 3.8) is 0 Å². The zero-order chi connectivity index (χ0) is 17.2. The second-order valence-corrected chi connectivity index (χ2v) is 6.01. The lowest BCUT2D eigenvalue weighted by Gasteiger charge is -2.33. The van der Waals surface area contributed by atoms with Crippen LogP contribution in [0.3, 0.4) is 0 Å². The van der Waals surface area contributed by atoms with Gasteiger partial charge in [0.2, 0.25) is 0 Å². The van der Waals surface area contributed by atoms with Crippen LogP contribution < -0.4 is 15.5 Å². The molecule has 2 N–H and O–H groups in total. The lowest BCUT2D eigenvalue weighted by Crippen LogP contribution is -2.44. The van der Waals surface area contributed by atoms with Crippen molar-refractivity contribution in [2.45, 2.75) is 13.0 Å². The van der Waals surface area contributed by atoms with Gasteiger partial charge in [-0.25, -0.2) is 4.98 Å². The predicted octanol–water partition coefficient (Wildman–Crippen LogP) is 1.15. The Bertz CT molecular complexity index is 502. The number of nitrogens with zero attached hydrogens (tertiary/aromatic N) is 4. The molecule has 1 aromatic rings. The standard InChI is InChI=1S/C17H30N6O.HI/c1-18-17(19-7-4-12-24-3)21-14-15-5-6-16(20-13-15)23-10-8-22(2)9-11-23;/h5-6,13H,4,7-12,14H2,1-3H3,(H2,18,19,21);1H. The Hall–Kier alpha value is -1.13. The SMILES string of the molecule is CN=C(NCCCOC)NCc1ccc(N2CCN(C)CC2)nc1.I. The first kappa shape index (κ1) is 21.9. The highest BCUT2D eigenvalue weighted by atomic mass is 127. The normalized spacial score (nSPS) is 15.6. The van der Waals surface area contributed by atoms with Gasteiger partial charge in [-0.3, -0.25) is 4.99 Å². The number of rotatable bonds is 7. The van der Waals surface area contributed by atoms with E-state index < -0.39 is 0 Å². The van der Waals surface area contributed by atoms with E-state index in [-0.39, 0.29) is 24.0 Å². The Morgan fingerprint density at radius 2 is 2.00 bits per heavy atom. The molecule has 1 aromatic heterocycles. The number of guanidine groups is 1. The van der Waals surface area contributed by atoms with E-state index in [1.54, 1.807) is 14.2 Å². The lowest BCUT2D eigenvalue weighted by atomic mass is 10.2. The smallest absolute Gasteiger partial charge is 0.191 e. The summed E-state index contributed by atoms with van der Waals surface area (Å²) in [6, 6.07) is 4.24. The summed E-state index contributed by atoms with van der Waals surface area (Å²) in [6.45, 7) is 6.57. The molecule has 0 amide bonds. The number of aromatic nitrogens is 1. The van der Waals surface area contributed by atoms with Crippen molar-refractivity contribution in [2.24, 2.45) is 4.99 Å². The first-order valence-electron chi connectivity index (χ1n) is 8.55. The van der Waals surface area contributed by atoms with Gasteiger partial charge in [0.1, 0.15) is 5.82 Å². The fourth-order valence-corrected chi connectivity index (χ4v) is 2.57.